The highest BCUT2D eigenvalue weighted by molar-refractivity contribution is 8.00. The van der Waals surface area contributed by atoms with Crippen LogP contribution in [-0.2, 0) is 17.8 Å². The molecule has 0 radical (unpaired) electrons. The number of aryl methyl sites for hydroxylation is 1. The number of nitrogens with zero attached hydrogens (tertiary/aromatic N) is 2. The fraction of sp³-hybridized carbons (Fsp3) is 0.667. The Morgan fingerprint density at radius 1 is 1.72 bits per heavy atom. The van der Waals surface area contributed by atoms with E-state index in [9.17, 15) is 4.79 Å². The van der Waals surface area contributed by atoms with Gasteiger partial charge in [-0.05, 0) is 25.0 Å². The first-order valence-corrected chi connectivity index (χ1v) is 8.24. The molecule has 1 aromatic heterocycles. The second-order valence-electron chi connectivity index (χ2n) is 4.31. The Morgan fingerprint density at radius 3 is 3.17 bits per heavy atom. The minimum absolute atomic E-state index is 0.0813. The number of aliphatic carboxylic acids is 1. The van der Waals surface area contributed by atoms with E-state index in [1.165, 1.54) is 36.1 Å². The molecule has 1 aliphatic heterocycles. The summed E-state index contributed by atoms with van der Waals surface area (Å²) in [5.74, 6) is 0.541. The van der Waals surface area contributed by atoms with Gasteiger partial charge < -0.3 is 9.67 Å². The zero-order chi connectivity index (χ0) is 13.0. The summed E-state index contributed by atoms with van der Waals surface area (Å²) >= 11 is 3.34. The second kappa shape index (κ2) is 6.52. The van der Waals surface area contributed by atoms with Gasteiger partial charge in [-0.25, -0.2) is 4.98 Å². The van der Waals surface area contributed by atoms with E-state index in [-0.39, 0.29) is 5.75 Å². The van der Waals surface area contributed by atoms with Gasteiger partial charge in [0, 0.05) is 23.7 Å². The highest BCUT2D eigenvalue weighted by atomic mass is 32.2. The topological polar surface area (TPSA) is 55.1 Å². The summed E-state index contributed by atoms with van der Waals surface area (Å²) in [5.41, 5.74) is 1.20. The third-order valence-corrected chi connectivity index (χ3v) is 5.35. The summed E-state index contributed by atoms with van der Waals surface area (Å²) in [6.45, 7) is 3.08. The second-order valence-corrected chi connectivity index (χ2v) is 6.66. The van der Waals surface area contributed by atoms with Crippen molar-refractivity contribution in [1.82, 2.24) is 9.55 Å². The van der Waals surface area contributed by atoms with Crippen LogP contribution in [0.3, 0.4) is 0 Å². The Morgan fingerprint density at radius 2 is 2.56 bits per heavy atom. The summed E-state index contributed by atoms with van der Waals surface area (Å²) in [6.07, 6.45) is 5.37. The van der Waals surface area contributed by atoms with E-state index in [4.69, 9.17) is 5.11 Å². The minimum atomic E-state index is -0.789. The molecular weight excluding hydrogens is 268 g/mol. The molecule has 1 aromatic rings. The van der Waals surface area contributed by atoms with E-state index in [0.29, 0.717) is 5.25 Å². The summed E-state index contributed by atoms with van der Waals surface area (Å²) in [6, 6.07) is 0. The number of hydrogen-bond acceptors (Lipinski definition) is 4. The Bertz CT molecular complexity index is 414. The number of carboxylic acids is 1. The quantitative estimate of drug-likeness (QED) is 0.814. The Labute approximate surface area is 116 Å². The summed E-state index contributed by atoms with van der Waals surface area (Å²) < 4.78 is 2.20. The molecule has 4 nitrogen and oxygen atoms in total. The number of imidazole rings is 1. The third-order valence-electron chi connectivity index (χ3n) is 3.00. The predicted molar refractivity (Wildman–Crippen MR) is 75.4 cm³/mol. The zero-order valence-electron chi connectivity index (χ0n) is 10.5. The van der Waals surface area contributed by atoms with Crippen LogP contribution >= 0.6 is 23.5 Å². The number of aromatic nitrogens is 2. The van der Waals surface area contributed by atoms with E-state index in [2.05, 4.69) is 16.5 Å². The first kappa shape index (κ1) is 13.8. The van der Waals surface area contributed by atoms with Gasteiger partial charge >= 0.3 is 5.97 Å². The largest absolute Gasteiger partial charge is 0.481 e. The molecule has 0 spiro atoms. The van der Waals surface area contributed by atoms with Crippen molar-refractivity contribution in [2.75, 3.05) is 11.5 Å². The molecule has 2 rings (SSSR count). The molecule has 1 aliphatic rings. The Balaban J connectivity index is 2.08. The summed E-state index contributed by atoms with van der Waals surface area (Å²) in [5, 5.41) is 10.3. The van der Waals surface area contributed by atoms with E-state index in [1.807, 2.05) is 18.0 Å². The highest BCUT2D eigenvalue weighted by Gasteiger charge is 2.19. The fourth-order valence-corrected chi connectivity index (χ4v) is 4.08. The predicted octanol–water partition coefficient (Wildman–Crippen LogP) is 2.52. The maximum Gasteiger partial charge on any atom is 0.313 e. The number of carbonyl (C=O) groups is 1. The molecule has 0 saturated carbocycles. The lowest BCUT2D eigenvalue weighted by molar-refractivity contribution is -0.133. The maximum atomic E-state index is 10.6. The molecule has 100 valence electrons. The Hall–Kier alpha value is -0.620. The van der Waals surface area contributed by atoms with Gasteiger partial charge in [-0.2, -0.15) is 11.8 Å². The molecule has 1 unspecified atom stereocenters. The van der Waals surface area contributed by atoms with Crippen LogP contribution in [0.5, 0.6) is 0 Å². The monoisotopic (exact) mass is 286 g/mol. The summed E-state index contributed by atoms with van der Waals surface area (Å²) in [4.78, 5) is 15.0. The van der Waals surface area contributed by atoms with Gasteiger partial charge in [-0.3, -0.25) is 4.79 Å². The first-order valence-electron chi connectivity index (χ1n) is 6.21. The first-order chi connectivity index (χ1) is 8.70. The van der Waals surface area contributed by atoms with Gasteiger partial charge in [0.1, 0.15) is 0 Å². The van der Waals surface area contributed by atoms with Crippen LogP contribution in [0.4, 0.5) is 0 Å². The molecule has 1 N–H and O–H groups in total. The van der Waals surface area contributed by atoms with Crippen LogP contribution in [0.15, 0.2) is 11.4 Å². The number of hydrogen-bond donors (Lipinski definition) is 1. The molecule has 0 aromatic carbocycles. The van der Waals surface area contributed by atoms with Crippen LogP contribution in [-0.4, -0.2) is 37.4 Å². The molecule has 0 aliphatic carbocycles. The van der Waals surface area contributed by atoms with Crippen molar-refractivity contribution < 1.29 is 9.90 Å². The Kier molecular flexibility index (Phi) is 5.00. The van der Waals surface area contributed by atoms with Crippen molar-refractivity contribution >= 4 is 29.5 Å². The lowest BCUT2D eigenvalue weighted by atomic mass is 10.2. The van der Waals surface area contributed by atoms with Gasteiger partial charge in [0.05, 0.1) is 5.75 Å². The average Bonchev–Trinajstić information content (AvgIpc) is 2.97. The number of carboxylic acid groups (broad SMARTS) is 1. The van der Waals surface area contributed by atoms with Gasteiger partial charge in [-0.15, -0.1) is 0 Å². The van der Waals surface area contributed by atoms with E-state index in [1.54, 1.807) is 0 Å². The normalized spacial score (nSPS) is 19.3. The molecule has 1 fully saturated rings. The fourth-order valence-electron chi connectivity index (χ4n) is 2.10. The van der Waals surface area contributed by atoms with Crippen LogP contribution in [0.2, 0.25) is 0 Å². The molecule has 0 bridgehead atoms. The average molecular weight is 286 g/mol. The molecule has 2 heterocycles. The smallest absolute Gasteiger partial charge is 0.313 e. The summed E-state index contributed by atoms with van der Waals surface area (Å²) in [7, 11) is 0. The maximum absolute atomic E-state index is 10.6. The highest BCUT2D eigenvalue weighted by Crippen LogP contribution is 2.29. The van der Waals surface area contributed by atoms with Gasteiger partial charge in [0.15, 0.2) is 5.16 Å². The third kappa shape index (κ3) is 3.45. The van der Waals surface area contributed by atoms with Crippen LogP contribution in [0, 0.1) is 0 Å². The standard InChI is InChI=1S/C12H18N2O2S2/c1-2-9-6-13-12(18-8-11(15)16)14(9)7-10-4-3-5-17-10/h6,10H,2-5,7-8H2,1H3,(H,15,16). The zero-order valence-corrected chi connectivity index (χ0v) is 12.1. The lowest BCUT2D eigenvalue weighted by Crippen LogP contribution is -2.13. The van der Waals surface area contributed by atoms with Crippen LogP contribution in [0.25, 0.3) is 0 Å². The van der Waals surface area contributed by atoms with Crippen molar-refractivity contribution in [1.29, 1.82) is 0 Å². The van der Waals surface area contributed by atoms with Crippen molar-refractivity contribution in [2.45, 2.75) is 43.1 Å². The van der Waals surface area contributed by atoms with E-state index in [0.717, 1.165) is 18.1 Å². The van der Waals surface area contributed by atoms with Crippen molar-refractivity contribution in [3.63, 3.8) is 0 Å². The molecular formula is C12H18N2O2S2. The SMILES string of the molecule is CCc1cnc(SCC(=O)O)n1CC1CCCS1. The van der Waals surface area contributed by atoms with Crippen molar-refractivity contribution in [3.8, 4) is 0 Å². The molecule has 0 amide bonds. The van der Waals surface area contributed by atoms with Crippen molar-refractivity contribution in [3.05, 3.63) is 11.9 Å². The van der Waals surface area contributed by atoms with Gasteiger partial charge in [0.25, 0.3) is 0 Å². The lowest BCUT2D eigenvalue weighted by Gasteiger charge is -2.14. The van der Waals surface area contributed by atoms with E-state index < -0.39 is 5.97 Å². The molecule has 1 saturated heterocycles. The van der Waals surface area contributed by atoms with Crippen LogP contribution in [0.1, 0.15) is 25.5 Å². The number of rotatable bonds is 6. The van der Waals surface area contributed by atoms with Crippen molar-refractivity contribution in [2.24, 2.45) is 0 Å². The number of thioether (sulfide) groups is 2. The molecule has 6 heteroatoms. The minimum Gasteiger partial charge on any atom is -0.481 e. The van der Waals surface area contributed by atoms with Crippen LogP contribution < -0.4 is 0 Å². The molecule has 1 atom stereocenters. The molecule has 18 heavy (non-hydrogen) atoms. The van der Waals surface area contributed by atoms with Gasteiger partial charge in [0.2, 0.25) is 0 Å². The van der Waals surface area contributed by atoms with Gasteiger partial charge in [-0.1, -0.05) is 18.7 Å². The van der Waals surface area contributed by atoms with E-state index >= 15 is 0 Å².